The van der Waals surface area contributed by atoms with Crippen molar-refractivity contribution in [2.75, 3.05) is 6.54 Å². The number of hydrogen-bond acceptors (Lipinski definition) is 2. The lowest BCUT2D eigenvalue weighted by atomic mass is 10.1. The number of rotatable bonds is 17. The molecule has 182 valence electrons. The lowest BCUT2D eigenvalue weighted by Crippen LogP contribution is -2.29. The summed E-state index contributed by atoms with van der Waals surface area (Å²) in [6.45, 7) is 2.27. The van der Waals surface area contributed by atoms with Gasteiger partial charge in [-0.2, -0.15) is 0 Å². The fourth-order valence-corrected chi connectivity index (χ4v) is 3.61. The maximum atomic E-state index is 12.4. The number of benzene rings is 1. The number of aromatic amines is 1. The van der Waals surface area contributed by atoms with Gasteiger partial charge in [0, 0.05) is 29.1 Å². The number of fused-ring (bicyclic) bond motifs is 1. The Morgan fingerprint density at radius 1 is 0.824 bits per heavy atom. The van der Waals surface area contributed by atoms with Crippen LogP contribution < -0.4 is 5.32 Å². The molecule has 1 amide bonds. The molecule has 1 aromatic heterocycles. The highest BCUT2D eigenvalue weighted by Gasteiger charge is 2.12. The number of aromatic nitrogens is 1. The van der Waals surface area contributed by atoms with Crippen molar-refractivity contribution in [1.82, 2.24) is 10.3 Å². The second kappa shape index (κ2) is 17.4. The van der Waals surface area contributed by atoms with Gasteiger partial charge in [0.2, 0.25) is 5.91 Å². The first kappa shape index (κ1) is 27.1. The van der Waals surface area contributed by atoms with E-state index in [0.29, 0.717) is 12.0 Å². The van der Waals surface area contributed by atoms with Gasteiger partial charge < -0.3 is 10.3 Å². The van der Waals surface area contributed by atoms with E-state index in [4.69, 9.17) is 0 Å². The Morgan fingerprint density at radius 3 is 2.12 bits per heavy atom. The summed E-state index contributed by atoms with van der Waals surface area (Å²) in [5.74, 6) is -0.157. The number of carbonyl (C=O) groups is 2. The molecule has 2 aromatic rings. The van der Waals surface area contributed by atoms with E-state index in [1.165, 1.54) is 25.7 Å². The quantitative estimate of drug-likeness (QED) is 0.145. The second-order valence-corrected chi connectivity index (χ2v) is 8.43. The molecule has 2 N–H and O–H groups in total. The number of hydrogen-bond donors (Lipinski definition) is 2. The first-order valence-corrected chi connectivity index (χ1v) is 12.7. The number of ketones is 1. The Bertz CT molecular complexity index is 979. The van der Waals surface area contributed by atoms with Crippen molar-refractivity contribution in [3.05, 3.63) is 84.6 Å². The number of allylic oxidation sites excluding steroid dienone is 8. The van der Waals surface area contributed by atoms with Gasteiger partial charge in [0.1, 0.15) is 0 Å². The summed E-state index contributed by atoms with van der Waals surface area (Å²) < 4.78 is 0. The van der Waals surface area contributed by atoms with Crippen molar-refractivity contribution in [1.29, 1.82) is 0 Å². The molecular weight excluding hydrogens is 420 g/mol. The molecule has 2 rings (SSSR count). The zero-order valence-corrected chi connectivity index (χ0v) is 20.6. The van der Waals surface area contributed by atoms with Crippen LogP contribution >= 0.6 is 0 Å². The van der Waals surface area contributed by atoms with E-state index in [2.05, 4.69) is 65.8 Å². The summed E-state index contributed by atoms with van der Waals surface area (Å²) in [6.07, 6.45) is 29.4. The first-order valence-electron chi connectivity index (χ1n) is 12.7. The van der Waals surface area contributed by atoms with Crippen molar-refractivity contribution in [2.45, 2.75) is 71.1 Å². The van der Waals surface area contributed by atoms with Gasteiger partial charge in [-0.25, -0.2) is 0 Å². The maximum Gasteiger partial charge on any atom is 0.220 e. The molecule has 4 heteroatoms. The molecule has 0 aliphatic carbocycles. The number of para-hydroxylation sites is 1. The first-order chi connectivity index (χ1) is 16.7. The zero-order chi connectivity index (χ0) is 24.3. The third kappa shape index (κ3) is 11.1. The molecule has 1 heterocycles. The molecule has 0 saturated heterocycles. The molecule has 0 aliphatic rings. The maximum absolute atomic E-state index is 12.4. The van der Waals surface area contributed by atoms with Crippen LogP contribution in [0.15, 0.2) is 79.1 Å². The number of carbonyl (C=O) groups excluding carboxylic acids is 2. The third-order valence-electron chi connectivity index (χ3n) is 5.57. The summed E-state index contributed by atoms with van der Waals surface area (Å²) in [7, 11) is 0. The summed E-state index contributed by atoms with van der Waals surface area (Å²) >= 11 is 0. The van der Waals surface area contributed by atoms with Gasteiger partial charge in [-0.3, -0.25) is 9.59 Å². The van der Waals surface area contributed by atoms with Gasteiger partial charge in [-0.15, -0.1) is 0 Å². The number of unbranched alkanes of at least 4 members (excludes halogenated alkanes) is 4. The molecule has 0 saturated carbocycles. The smallest absolute Gasteiger partial charge is 0.220 e. The standard InChI is InChI=1S/C30H40N2O2/c1-2-3-4-5-6-7-8-9-10-11-12-13-14-15-16-17-18-23-30(34)32-25-29(33)27-24-31-28-22-20-19-21-26(27)28/h6-7,9-10,12-13,15-16,19-22,24,31H,2-5,8,11,14,17-18,23,25H2,1H3,(H,32,34)/b7-6-,10-9-,13-12-,16-15-. The number of amides is 1. The van der Waals surface area contributed by atoms with Crippen LogP contribution in [0.5, 0.6) is 0 Å². The molecule has 0 unspecified atom stereocenters. The van der Waals surface area contributed by atoms with Crippen molar-refractivity contribution >= 4 is 22.6 Å². The van der Waals surface area contributed by atoms with Crippen molar-refractivity contribution < 1.29 is 9.59 Å². The van der Waals surface area contributed by atoms with Gasteiger partial charge in [-0.05, 0) is 51.0 Å². The minimum Gasteiger partial charge on any atom is -0.360 e. The second-order valence-electron chi connectivity index (χ2n) is 8.43. The van der Waals surface area contributed by atoms with Crippen LogP contribution in [-0.4, -0.2) is 23.2 Å². The van der Waals surface area contributed by atoms with Crippen LogP contribution in [0.1, 0.15) is 81.5 Å². The lowest BCUT2D eigenvalue weighted by Gasteiger charge is -2.03. The van der Waals surface area contributed by atoms with Crippen LogP contribution in [0.3, 0.4) is 0 Å². The average Bonchev–Trinajstić information content (AvgIpc) is 3.29. The topological polar surface area (TPSA) is 62.0 Å². The molecule has 34 heavy (non-hydrogen) atoms. The van der Waals surface area contributed by atoms with Crippen LogP contribution in [0, 0.1) is 0 Å². The minimum absolute atomic E-state index is 0.0327. The Hall–Kier alpha value is -3.14. The molecule has 1 aromatic carbocycles. The molecule has 0 aliphatic heterocycles. The lowest BCUT2D eigenvalue weighted by molar-refractivity contribution is -0.121. The summed E-state index contributed by atoms with van der Waals surface area (Å²) in [5.41, 5.74) is 1.55. The largest absolute Gasteiger partial charge is 0.360 e. The summed E-state index contributed by atoms with van der Waals surface area (Å²) in [5, 5.41) is 3.63. The van der Waals surface area contributed by atoms with E-state index >= 15 is 0 Å². The predicted octanol–water partition coefficient (Wildman–Crippen LogP) is 7.61. The Balaban J connectivity index is 1.48. The third-order valence-corrected chi connectivity index (χ3v) is 5.57. The number of H-pyrrole nitrogens is 1. The molecule has 4 nitrogen and oxygen atoms in total. The van der Waals surface area contributed by atoms with Gasteiger partial charge >= 0.3 is 0 Å². The number of nitrogens with one attached hydrogen (secondary N) is 2. The van der Waals surface area contributed by atoms with Gasteiger partial charge in [0.05, 0.1) is 6.54 Å². The van der Waals surface area contributed by atoms with Crippen LogP contribution in [-0.2, 0) is 4.79 Å². The molecule has 0 spiro atoms. The van der Waals surface area contributed by atoms with E-state index in [-0.39, 0.29) is 18.2 Å². The fourth-order valence-electron chi connectivity index (χ4n) is 3.61. The average molecular weight is 461 g/mol. The van der Waals surface area contributed by atoms with E-state index < -0.39 is 0 Å². The van der Waals surface area contributed by atoms with Crippen LogP contribution in [0.25, 0.3) is 10.9 Å². The highest BCUT2D eigenvalue weighted by atomic mass is 16.2. The minimum atomic E-state index is -0.0796. The Labute approximate surface area is 204 Å². The molecule has 0 fully saturated rings. The summed E-state index contributed by atoms with van der Waals surface area (Å²) in [6, 6.07) is 7.67. The predicted molar refractivity (Wildman–Crippen MR) is 144 cm³/mol. The summed E-state index contributed by atoms with van der Waals surface area (Å²) in [4.78, 5) is 27.5. The Kier molecular flexibility index (Phi) is 13.8. The van der Waals surface area contributed by atoms with E-state index in [0.717, 1.165) is 43.0 Å². The highest BCUT2D eigenvalue weighted by Crippen LogP contribution is 2.17. The van der Waals surface area contributed by atoms with Crippen molar-refractivity contribution in [3.8, 4) is 0 Å². The van der Waals surface area contributed by atoms with Crippen LogP contribution in [0.2, 0.25) is 0 Å². The van der Waals surface area contributed by atoms with Gasteiger partial charge in [-0.1, -0.05) is 86.6 Å². The molecule has 0 radical (unpaired) electrons. The van der Waals surface area contributed by atoms with Gasteiger partial charge in [0.15, 0.2) is 5.78 Å². The van der Waals surface area contributed by atoms with Gasteiger partial charge in [0.25, 0.3) is 0 Å². The SMILES string of the molecule is CCCCC/C=C\C/C=C\C/C=C\C/C=C\CCCC(=O)NCC(=O)c1c[nH]c2ccccc12. The monoisotopic (exact) mass is 460 g/mol. The number of Topliss-reactive ketones (excluding diaryl/α,β-unsaturated/α-hetero) is 1. The fraction of sp³-hybridized carbons (Fsp3) is 0.400. The Morgan fingerprint density at radius 2 is 1.44 bits per heavy atom. The van der Waals surface area contributed by atoms with E-state index in [1.807, 2.05) is 24.3 Å². The molecule has 0 atom stereocenters. The highest BCUT2D eigenvalue weighted by molar-refractivity contribution is 6.09. The zero-order valence-electron chi connectivity index (χ0n) is 20.6. The van der Waals surface area contributed by atoms with E-state index in [1.54, 1.807) is 6.20 Å². The van der Waals surface area contributed by atoms with E-state index in [9.17, 15) is 9.59 Å². The molecular formula is C30H40N2O2. The van der Waals surface area contributed by atoms with Crippen LogP contribution in [0.4, 0.5) is 0 Å². The normalized spacial score (nSPS) is 12.1. The van der Waals surface area contributed by atoms with Crippen molar-refractivity contribution in [2.24, 2.45) is 0 Å². The molecule has 0 bridgehead atoms. The van der Waals surface area contributed by atoms with Crippen molar-refractivity contribution in [3.63, 3.8) is 0 Å².